The molecule has 0 bridgehead atoms. The predicted octanol–water partition coefficient (Wildman–Crippen LogP) is 2.43. The molecule has 2 aliphatic rings. The summed E-state index contributed by atoms with van der Waals surface area (Å²) in [6.45, 7) is 5.62. The summed E-state index contributed by atoms with van der Waals surface area (Å²) >= 11 is 0. The molecular formula is C14H21N3. The fourth-order valence-electron chi connectivity index (χ4n) is 2.93. The van der Waals surface area contributed by atoms with Crippen LogP contribution in [0.3, 0.4) is 0 Å². The molecule has 2 atom stereocenters. The standard InChI is InChI=1S/C14H21N3/c1-10-8-12(9-17(10)13-5-6-13)16-14-4-3-7-15-11(14)2/h3-4,7,10,12-13,16H,5-6,8-9H2,1-2H3. The number of hydrogen-bond donors (Lipinski definition) is 1. The van der Waals surface area contributed by atoms with Crippen molar-refractivity contribution in [3.63, 3.8) is 0 Å². The maximum atomic E-state index is 4.33. The summed E-state index contributed by atoms with van der Waals surface area (Å²) in [5, 5.41) is 3.65. The highest BCUT2D eigenvalue weighted by molar-refractivity contribution is 5.47. The third kappa shape index (κ3) is 2.29. The summed E-state index contributed by atoms with van der Waals surface area (Å²) in [6, 6.07) is 6.34. The van der Waals surface area contributed by atoms with Gasteiger partial charge in [-0.2, -0.15) is 0 Å². The molecule has 2 unspecified atom stereocenters. The fourth-order valence-corrected chi connectivity index (χ4v) is 2.93. The van der Waals surface area contributed by atoms with Crippen LogP contribution in [0.25, 0.3) is 0 Å². The lowest BCUT2D eigenvalue weighted by Gasteiger charge is -2.20. The van der Waals surface area contributed by atoms with Gasteiger partial charge in [-0.3, -0.25) is 9.88 Å². The van der Waals surface area contributed by atoms with Crippen LogP contribution >= 0.6 is 0 Å². The van der Waals surface area contributed by atoms with Crippen molar-refractivity contribution in [3.8, 4) is 0 Å². The first-order valence-corrected chi connectivity index (χ1v) is 6.68. The molecule has 1 saturated carbocycles. The van der Waals surface area contributed by atoms with Crippen molar-refractivity contribution in [1.29, 1.82) is 0 Å². The predicted molar refractivity (Wildman–Crippen MR) is 70.2 cm³/mol. The average molecular weight is 231 g/mol. The Kier molecular flexibility index (Phi) is 2.79. The normalized spacial score (nSPS) is 29.5. The molecule has 1 aromatic heterocycles. The summed E-state index contributed by atoms with van der Waals surface area (Å²) in [5.74, 6) is 0. The van der Waals surface area contributed by atoms with Crippen LogP contribution in [0.4, 0.5) is 5.69 Å². The Morgan fingerprint density at radius 3 is 2.94 bits per heavy atom. The van der Waals surface area contributed by atoms with Crippen LogP contribution in [0, 0.1) is 6.92 Å². The van der Waals surface area contributed by atoms with E-state index in [9.17, 15) is 0 Å². The van der Waals surface area contributed by atoms with Crippen molar-refractivity contribution in [2.24, 2.45) is 0 Å². The third-order valence-electron chi connectivity index (χ3n) is 4.01. The fraction of sp³-hybridized carbons (Fsp3) is 0.643. The van der Waals surface area contributed by atoms with Crippen molar-refractivity contribution in [1.82, 2.24) is 9.88 Å². The minimum absolute atomic E-state index is 0.591. The summed E-state index contributed by atoms with van der Waals surface area (Å²) in [5.41, 5.74) is 2.30. The van der Waals surface area contributed by atoms with Crippen LogP contribution in [-0.4, -0.2) is 34.6 Å². The summed E-state index contributed by atoms with van der Waals surface area (Å²) in [7, 11) is 0. The lowest BCUT2D eigenvalue weighted by molar-refractivity contribution is 0.257. The second-order valence-corrected chi connectivity index (χ2v) is 5.49. The highest BCUT2D eigenvalue weighted by Gasteiger charge is 2.38. The molecule has 3 nitrogen and oxygen atoms in total. The molecule has 17 heavy (non-hydrogen) atoms. The van der Waals surface area contributed by atoms with E-state index in [-0.39, 0.29) is 0 Å². The first-order valence-electron chi connectivity index (χ1n) is 6.68. The van der Waals surface area contributed by atoms with E-state index >= 15 is 0 Å². The van der Waals surface area contributed by atoms with E-state index in [1.54, 1.807) is 0 Å². The molecule has 0 aromatic carbocycles. The number of anilines is 1. The summed E-state index contributed by atoms with van der Waals surface area (Å²) in [4.78, 5) is 7.00. The Bertz CT molecular complexity index is 400. The number of nitrogens with zero attached hydrogens (tertiary/aromatic N) is 2. The number of pyridine rings is 1. The van der Waals surface area contributed by atoms with E-state index in [4.69, 9.17) is 0 Å². The largest absolute Gasteiger partial charge is 0.379 e. The van der Waals surface area contributed by atoms with Gasteiger partial charge in [0.15, 0.2) is 0 Å². The number of likely N-dealkylation sites (tertiary alicyclic amines) is 1. The van der Waals surface area contributed by atoms with Crippen LogP contribution in [0.1, 0.15) is 31.9 Å². The molecule has 3 rings (SSSR count). The zero-order valence-corrected chi connectivity index (χ0v) is 10.7. The monoisotopic (exact) mass is 231 g/mol. The van der Waals surface area contributed by atoms with Gasteiger partial charge < -0.3 is 5.32 Å². The number of rotatable bonds is 3. The van der Waals surface area contributed by atoms with Crippen LogP contribution in [0.15, 0.2) is 18.3 Å². The Labute approximate surface area is 103 Å². The molecule has 92 valence electrons. The van der Waals surface area contributed by atoms with Gasteiger partial charge in [0.05, 0.1) is 11.4 Å². The van der Waals surface area contributed by atoms with Gasteiger partial charge in [0.2, 0.25) is 0 Å². The quantitative estimate of drug-likeness (QED) is 0.866. The van der Waals surface area contributed by atoms with E-state index in [1.807, 2.05) is 12.3 Å². The lowest BCUT2D eigenvalue weighted by Crippen LogP contribution is -2.31. The highest BCUT2D eigenvalue weighted by Crippen LogP contribution is 2.34. The van der Waals surface area contributed by atoms with Crippen molar-refractivity contribution in [2.75, 3.05) is 11.9 Å². The van der Waals surface area contributed by atoms with E-state index < -0.39 is 0 Å². The molecular weight excluding hydrogens is 210 g/mol. The minimum Gasteiger partial charge on any atom is -0.379 e. The molecule has 1 aromatic rings. The Morgan fingerprint density at radius 1 is 1.41 bits per heavy atom. The summed E-state index contributed by atoms with van der Waals surface area (Å²) < 4.78 is 0. The van der Waals surface area contributed by atoms with Crippen LogP contribution in [-0.2, 0) is 0 Å². The molecule has 1 aliphatic carbocycles. The second kappa shape index (κ2) is 4.30. The Balaban J connectivity index is 1.65. The maximum absolute atomic E-state index is 4.33. The van der Waals surface area contributed by atoms with Gasteiger partial charge in [-0.25, -0.2) is 0 Å². The topological polar surface area (TPSA) is 28.2 Å². The van der Waals surface area contributed by atoms with Crippen LogP contribution in [0.5, 0.6) is 0 Å². The van der Waals surface area contributed by atoms with Gasteiger partial charge in [-0.15, -0.1) is 0 Å². The molecule has 1 aliphatic heterocycles. The second-order valence-electron chi connectivity index (χ2n) is 5.49. The molecule has 2 heterocycles. The molecule has 1 N–H and O–H groups in total. The van der Waals surface area contributed by atoms with Gasteiger partial charge in [0, 0.05) is 30.9 Å². The molecule has 2 fully saturated rings. The van der Waals surface area contributed by atoms with Gasteiger partial charge in [-0.1, -0.05) is 0 Å². The molecule has 0 radical (unpaired) electrons. The minimum atomic E-state index is 0.591. The van der Waals surface area contributed by atoms with Gasteiger partial charge in [0.1, 0.15) is 0 Å². The van der Waals surface area contributed by atoms with Crippen molar-refractivity contribution < 1.29 is 0 Å². The number of aromatic nitrogens is 1. The average Bonchev–Trinajstić information content (AvgIpc) is 3.07. The summed E-state index contributed by atoms with van der Waals surface area (Å²) in [6.07, 6.45) is 5.92. The number of hydrogen-bond acceptors (Lipinski definition) is 3. The Hall–Kier alpha value is -1.09. The van der Waals surface area contributed by atoms with Gasteiger partial charge >= 0.3 is 0 Å². The van der Waals surface area contributed by atoms with E-state index in [0.717, 1.165) is 17.8 Å². The molecule has 0 amide bonds. The van der Waals surface area contributed by atoms with E-state index in [1.165, 1.54) is 31.5 Å². The Morgan fingerprint density at radius 2 is 2.24 bits per heavy atom. The molecule has 1 saturated heterocycles. The number of nitrogens with one attached hydrogen (secondary N) is 1. The first-order chi connectivity index (χ1) is 8.24. The van der Waals surface area contributed by atoms with E-state index in [2.05, 4.69) is 35.1 Å². The zero-order chi connectivity index (χ0) is 11.8. The van der Waals surface area contributed by atoms with Crippen molar-refractivity contribution in [3.05, 3.63) is 24.0 Å². The van der Waals surface area contributed by atoms with Crippen molar-refractivity contribution in [2.45, 2.75) is 51.2 Å². The smallest absolute Gasteiger partial charge is 0.0603 e. The van der Waals surface area contributed by atoms with Crippen LogP contribution in [0.2, 0.25) is 0 Å². The zero-order valence-electron chi connectivity index (χ0n) is 10.7. The molecule has 3 heteroatoms. The third-order valence-corrected chi connectivity index (χ3v) is 4.01. The van der Waals surface area contributed by atoms with Crippen molar-refractivity contribution >= 4 is 5.69 Å². The highest BCUT2D eigenvalue weighted by atomic mass is 15.3. The van der Waals surface area contributed by atoms with E-state index in [0.29, 0.717) is 6.04 Å². The SMILES string of the molecule is Cc1ncccc1NC1CC(C)N(C2CC2)C1. The number of aryl methyl sites for hydroxylation is 1. The molecule has 0 spiro atoms. The maximum Gasteiger partial charge on any atom is 0.0603 e. The van der Waals surface area contributed by atoms with Crippen LogP contribution < -0.4 is 5.32 Å². The lowest BCUT2D eigenvalue weighted by atomic mass is 10.2. The van der Waals surface area contributed by atoms with Gasteiger partial charge in [0.25, 0.3) is 0 Å². The first kappa shape index (κ1) is 11.0. The van der Waals surface area contributed by atoms with Gasteiger partial charge in [-0.05, 0) is 45.2 Å².